The standard InChI is InChI=1S/C10H15N3O/c1-3-11-10(14)13-7-9-5-4-8(2)6-12-9/h4-6H,3,7H2,1-2H3,(H2,11,13,14). The monoisotopic (exact) mass is 193 g/mol. The van der Waals surface area contributed by atoms with Crippen molar-refractivity contribution in [1.82, 2.24) is 15.6 Å². The van der Waals surface area contributed by atoms with Crippen molar-refractivity contribution in [3.63, 3.8) is 0 Å². The van der Waals surface area contributed by atoms with Crippen LogP contribution in [0.25, 0.3) is 0 Å². The van der Waals surface area contributed by atoms with E-state index >= 15 is 0 Å². The van der Waals surface area contributed by atoms with Crippen molar-refractivity contribution in [2.24, 2.45) is 0 Å². The van der Waals surface area contributed by atoms with Crippen molar-refractivity contribution in [1.29, 1.82) is 0 Å². The van der Waals surface area contributed by atoms with Crippen LogP contribution in [-0.2, 0) is 6.54 Å². The largest absolute Gasteiger partial charge is 0.338 e. The zero-order chi connectivity index (χ0) is 10.4. The average molecular weight is 193 g/mol. The van der Waals surface area contributed by atoms with Gasteiger partial charge in [-0.05, 0) is 25.5 Å². The Morgan fingerprint density at radius 3 is 2.79 bits per heavy atom. The summed E-state index contributed by atoms with van der Waals surface area (Å²) in [6.45, 7) is 4.96. The zero-order valence-electron chi connectivity index (χ0n) is 8.50. The van der Waals surface area contributed by atoms with Crippen LogP contribution in [0.3, 0.4) is 0 Å². The van der Waals surface area contributed by atoms with Gasteiger partial charge in [0.15, 0.2) is 0 Å². The molecule has 0 saturated carbocycles. The summed E-state index contributed by atoms with van der Waals surface area (Å²) in [5.74, 6) is 0. The molecule has 0 radical (unpaired) electrons. The van der Waals surface area contributed by atoms with E-state index in [1.165, 1.54) is 0 Å². The third-order valence-electron chi connectivity index (χ3n) is 1.74. The number of nitrogens with one attached hydrogen (secondary N) is 2. The van der Waals surface area contributed by atoms with Crippen LogP contribution in [0.1, 0.15) is 18.2 Å². The first-order valence-corrected chi connectivity index (χ1v) is 4.65. The van der Waals surface area contributed by atoms with Crippen LogP contribution < -0.4 is 10.6 Å². The van der Waals surface area contributed by atoms with E-state index in [1.54, 1.807) is 6.20 Å². The minimum atomic E-state index is -0.158. The van der Waals surface area contributed by atoms with Crippen LogP contribution in [0, 0.1) is 6.92 Å². The Bertz CT molecular complexity index is 295. The summed E-state index contributed by atoms with van der Waals surface area (Å²) in [7, 11) is 0. The van der Waals surface area contributed by atoms with Crippen molar-refractivity contribution in [3.05, 3.63) is 29.6 Å². The van der Waals surface area contributed by atoms with Crippen molar-refractivity contribution < 1.29 is 4.79 Å². The number of carbonyl (C=O) groups is 1. The van der Waals surface area contributed by atoms with Gasteiger partial charge in [-0.2, -0.15) is 0 Å². The molecule has 0 atom stereocenters. The molecule has 0 aliphatic carbocycles. The number of amides is 2. The molecule has 4 nitrogen and oxygen atoms in total. The SMILES string of the molecule is CCNC(=O)NCc1ccc(C)cn1. The van der Waals surface area contributed by atoms with Gasteiger partial charge in [0.1, 0.15) is 0 Å². The number of hydrogen-bond acceptors (Lipinski definition) is 2. The predicted octanol–water partition coefficient (Wildman–Crippen LogP) is 1.21. The molecule has 4 heteroatoms. The number of pyridine rings is 1. The lowest BCUT2D eigenvalue weighted by Gasteiger charge is -2.04. The molecular formula is C10H15N3O. The quantitative estimate of drug-likeness (QED) is 0.758. The van der Waals surface area contributed by atoms with Gasteiger partial charge in [0.25, 0.3) is 0 Å². The molecule has 2 N–H and O–H groups in total. The van der Waals surface area contributed by atoms with Crippen molar-refractivity contribution in [2.45, 2.75) is 20.4 Å². The number of aryl methyl sites for hydroxylation is 1. The molecule has 14 heavy (non-hydrogen) atoms. The van der Waals surface area contributed by atoms with Crippen LogP contribution in [0.15, 0.2) is 18.3 Å². The molecule has 0 bridgehead atoms. The molecule has 1 heterocycles. The number of carbonyl (C=O) groups excluding carboxylic acids is 1. The molecule has 0 aliphatic heterocycles. The Morgan fingerprint density at radius 1 is 1.43 bits per heavy atom. The lowest BCUT2D eigenvalue weighted by Crippen LogP contribution is -2.34. The van der Waals surface area contributed by atoms with Crippen molar-refractivity contribution in [2.75, 3.05) is 6.54 Å². The van der Waals surface area contributed by atoms with Gasteiger partial charge >= 0.3 is 6.03 Å². The highest BCUT2D eigenvalue weighted by atomic mass is 16.2. The molecule has 1 rings (SSSR count). The summed E-state index contributed by atoms with van der Waals surface area (Å²) < 4.78 is 0. The normalized spacial score (nSPS) is 9.57. The molecule has 0 unspecified atom stereocenters. The Kier molecular flexibility index (Phi) is 3.91. The Balaban J connectivity index is 2.38. The topological polar surface area (TPSA) is 54.0 Å². The maximum atomic E-state index is 11.0. The maximum Gasteiger partial charge on any atom is 0.315 e. The molecule has 1 aromatic rings. The number of rotatable bonds is 3. The summed E-state index contributed by atoms with van der Waals surface area (Å²) in [5, 5.41) is 5.36. The second kappa shape index (κ2) is 5.21. The minimum absolute atomic E-state index is 0.158. The first-order valence-electron chi connectivity index (χ1n) is 4.65. The first kappa shape index (κ1) is 10.5. The van der Waals surface area contributed by atoms with Gasteiger partial charge in [-0.25, -0.2) is 4.79 Å². The van der Waals surface area contributed by atoms with Crippen LogP contribution in [0.4, 0.5) is 4.79 Å². The van der Waals surface area contributed by atoms with Gasteiger partial charge in [-0.15, -0.1) is 0 Å². The summed E-state index contributed by atoms with van der Waals surface area (Å²) >= 11 is 0. The first-order chi connectivity index (χ1) is 6.72. The average Bonchev–Trinajstić information content (AvgIpc) is 2.17. The highest BCUT2D eigenvalue weighted by Gasteiger charge is 1.98. The van der Waals surface area contributed by atoms with Crippen LogP contribution in [0.5, 0.6) is 0 Å². The Hall–Kier alpha value is -1.58. The number of nitrogens with zero attached hydrogens (tertiary/aromatic N) is 1. The number of hydrogen-bond donors (Lipinski definition) is 2. The number of aromatic nitrogens is 1. The molecule has 0 aromatic carbocycles. The van der Waals surface area contributed by atoms with Gasteiger partial charge in [0, 0.05) is 12.7 Å². The fourth-order valence-corrected chi connectivity index (χ4v) is 0.997. The minimum Gasteiger partial charge on any atom is -0.338 e. The second-order valence-electron chi connectivity index (χ2n) is 3.04. The summed E-state index contributed by atoms with van der Waals surface area (Å²) in [4.78, 5) is 15.2. The van der Waals surface area contributed by atoms with Crippen molar-refractivity contribution >= 4 is 6.03 Å². The Morgan fingerprint density at radius 2 is 2.21 bits per heavy atom. The van der Waals surface area contributed by atoms with Gasteiger partial charge in [0.2, 0.25) is 0 Å². The van der Waals surface area contributed by atoms with E-state index in [9.17, 15) is 4.79 Å². The summed E-state index contributed by atoms with van der Waals surface area (Å²) in [6.07, 6.45) is 1.79. The highest BCUT2D eigenvalue weighted by Crippen LogP contribution is 1.97. The van der Waals surface area contributed by atoms with E-state index in [4.69, 9.17) is 0 Å². The van der Waals surface area contributed by atoms with Gasteiger partial charge in [-0.1, -0.05) is 6.07 Å². The van der Waals surface area contributed by atoms with E-state index in [0.717, 1.165) is 11.3 Å². The predicted molar refractivity (Wildman–Crippen MR) is 54.9 cm³/mol. The lowest BCUT2D eigenvalue weighted by atomic mass is 10.3. The third-order valence-corrected chi connectivity index (χ3v) is 1.74. The molecule has 0 saturated heterocycles. The molecule has 0 fully saturated rings. The molecule has 76 valence electrons. The van der Waals surface area contributed by atoms with Crippen LogP contribution >= 0.6 is 0 Å². The molecule has 0 aliphatic rings. The van der Waals surface area contributed by atoms with Gasteiger partial charge < -0.3 is 10.6 Å². The molecular weight excluding hydrogens is 178 g/mol. The molecule has 0 spiro atoms. The van der Waals surface area contributed by atoms with E-state index in [-0.39, 0.29) is 6.03 Å². The van der Waals surface area contributed by atoms with E-state index in [0.29, 0.717) is 13.1 Å². The van der Waals surface area contributed by atoms with E-state index in [2.05, 4.69) is 15.6 Å². The van der Waals surface area contributed by atoms with Crippen LogP contribution in [-0.4, -0.2) is 17.6 Å². The fraction of sp³-hybridized carbons (Fsp3) is 0.400. The fourth-order valence-electron chi connectivity index (χ4n) is 0.997. The lowest BCUT2D eigenvalue weighted by molar-refractivity contribution is 0.241. The molecule has 2 amide bonds. The smallest absolute Gasteiger partial charge is 0.315 e. The summed E-state index contributed by atoms with van der Waals surface area (Å²) in [5.41, 5.74) is 1.98. The van der Waals surface area contributed by atoms with E-state index < -0.39 is 0 Å². The molecule has 1 aromatic heterocycles. The maximum absolute atomic E-state index is 11.0. The van der Waals surface area contributed by atoms with E-state index in [1.807, 2.05) is 26.0 Å². The van der Waals surface area contributed by atoms with Crippen LogP contribution in [0.2, 0.25) is 0 Å². The Labute approximate surface area is 83.7 Å². The van der Waals surface area contributed by atoms with Gasteiger partial charge in [-0.3, -0.25) is 4.98 Å². The highest BCUT2D eigenvalue weighted by molar-refractivity contribution is 5.73. The zero-order valence-corrected chi connectivity index (χ0v) is 8.50. The summed E-state index contributed by atoms with van der Waals surface area (Å²) in [6, 6.07) is 3.72. The number of urea groups is 1. The third kappa shape index (κ3) is 3.43. The second-order valence-corrected chi connectivity index (χ2v) is 3.04. The van der Waals surface area contributed by atoms with Gasteiger partial charge in [0.05, 0.1) is 12.2 Å². The van der Waals surface area contributed by atoms with Crippen molar-refractivity contribution in [3.8, 4) is 0 Å².